The largest absolute Gasteiger partial charge is 0.480 e. The smallest absolute Gasteiger partial charge is 0.402 e. The van der Waals surface area contributed by atoms with Gasteiger partial charge in [-0.25, -0.2) is 9.67 Å². The summed E-state index contributed by atoms with van der Waals surface area (Å²) in [7, 11) is 0. The molecule has 2 fully saturated rings. The van der Waals surface area contributed by atoms with E-state index in [0.29, 0.717) is 24.7 Å². The average molecular weight is 553 g/mol. The second kappa shape index (κ2) is 9.31. The molecule has 4 unspecified atom stereocenters. The second-order valence-electron chi connectivity index (χ2n) is 9.69. The van der Waals surface area contributed by atoms with E-state index in [4.69, 9.17) is 11.6 Å². The lowest BCUT2D eigenvalue weighted by molar-refractivity contribution is -0.293. The Morgan fingerprint density at radius 2 is 1.84 bits per heavy atom. The molecule has 1 aromatic heterocycles. The molecule has 202 valence electrons. The number of alkyl halides is 6. The number of carbonyl (C=O) groups is 1. The van der Waals surface area contributed by atoms with Gasteiger partial charge in [0.1, 0.15) is 18.2 Å². The van der Waals surface area contributed by atoms with Crippen LogP contribution in [-0.2, 0) is 24.4 Å². The summed E-state index contributed by atoms with van der Waals surface area (Å²) >= 11 is 6.24. The highest BCUT2D eigenvalue weighted by Gasteiger charge is 2.66. The molecular formula is C22H23ClF6N6O2. The lowest BCUT2D eigenvalue weighted by atomic mass is 9.84. The van der Waals surface area contributed by atoms with E-state index in [1.54, 1.807) is 27.8 Å². The summed E-state index contributed by atoms with van der Waals surface area (Å²) in [4.78, 5) is 19.8. The monoisotopic (exact) mass is 552 g/mol. The first-order chi connectivity index (χ1) is 17.3. The van der Waals surface area contributed by atoms with Crippen LogP contribution in [0.2, 0.25) is 5.02 Å². The Bertz CT molecular complexity index is 1160. The fourth-order valence-corrected chi connectivity index (χ4v) is 6.09. The number of nitrogens with zero attached hydrogens (tertiary/aromatic N) is 5. The van der Waals surface area contributed by atoms with Gasteiger partial charge >= 0.3 is 18.3 Å². The van der Waals surface area contributed by atoms with Crippen LogP contribution in [0.15, 0.2) is 24.5 Å². The van der Waals surface area contributed by atoms with Gasteiger partial charge in [0.2, 0.25) is 0 Å². The minimum atomic E-state index is -5.57. The molecule has 0 spiro atoms. The molecular weight excluding hydrogens is 530 g/mol. The molecule has 8 nitrogen and oxygen atoms in total. The van der Waals surface area contributed by atoms with Gasteiger partial charge in [-0.3, -0.25) is 9.69 Å². The van der Waals surface area contributed by atoms with Crippen molar-refractivity contribution in [2.24, 2.45) is 17.8 Å². The van der Waals surface area contributed by atoms with E-state index in [0.717, 1.165) is 17.1 Å². The molecule has 15 heteroatoms. The maximum Gasteiger partial charge on any atom is 0.402 e. The van der Waals surface area contributed by atoms with E-state index >= 15 is 0 Å². The molecule has 1 aromatic carbocycles. The summed E-state index contributed by atoms with van der Waals surface area (Å²) < 4.78 is 82.9. The SMILES string of the molecule is O=C(O)C1NC(C(C(F)(F)F)C(F)(F)F)C2CN(Cc3ccc(Cl)cc3N3CCn4ncnc4C3)CC12. The number of likely N-dealkylation sites (tertiary alicyclic amines) is 1. The predicted molar refractivity (Wildman–Crippen MR) is 119 cm³/mol. The highest BCUT2D eigenvalue weighted by Crippen LogP contribution is 2.49. The van der Waals surface area contributed by atoms with Gasteiger partial charge in [0, 0.05) is 48.8 Å². The molecule has 2 saturated heterocycles. The van der Waals surface area contributed by atoms with Crippen molar-refractivity contribution in [1.29, 1.82) is 0 Å². The zero-order chi connectivity index (χ0) is 26.7. The summed E-state index contributed by atoms with van der Waals surface area (Å²) in [5, 5.41) is 16.3. The van der Waals surface area contributed by atoms with Crippen LogP contribution in [0.1, 0.15) is 11.4 Å². The number of aromatic nitrogens is 3. The van der Waals surface area contributed by atoms with Gasteiger partial charge in [-0.1, -0.05) is 17.7 Å². The lowest BCUT2D eigenvalue weighted by Gasteiger charge is -2.33. The van der Waals surface area contributed by atoms with Gasteiger partial charge in [-0.05, 0) is 23.6 Å². The standard InChI is InChI=1S/C22H23ClF6N6O2/c23-12-2-1-11(15(5-12)34-3-4-35-16(9-34)30-10-31-35)6-33-7-13-14(8-33)18(20(36)37)32-17(13)19(21(24,25)26)22(27,28)29/h1-2,5,10,13-14,17-19,32H,3-4,6-9H2,(H,36,37). The number of anilines is 1. The Labute approximate surface area is 212 Å². The normalized spacial score (nSPS) is 26.5. The van der Waals surface area contributed by atoms with E-state index in [9.17, 15) is 36.2 Å². The van der Waals surface area contributed by atoms with E-state index in [1.807, 2.05) is 4.90 Å². The van der Waals surface area contributed by atoms with E-state index in [-0.39, 0.29) is 19.6 Å². The minimum Gasteiger partial charge on any atom is -0.480 e. The molecule has 5 rings (SSSR count). The molecule has 0 amide bonds. The molecule has 0 radical (unpaired) electrons. The van der Waals surface area contributed by atoms with Crippen molar-refractivity contribution >= 4 is 23.3 Å². The molecule has 0 aliphatic carbocycles. The zero-order valence-corrected chi connectivity index (χ0v) is 19.9. The van der Waals surface area contributed by atoms with Crippen LogP contribution in [-0.4, -0.2) is 74.8 Å². The molecule has 3 aliphatic rings. The zero-order valence-electron chi connectivity index (χ0n) is 19.2. The number of carboxylic acids is 1. The third-order valence-corrected chi connectivity index (χ3v) is 7.71. The average Bonchev–Trinajstić information content (AvgIpc) is 3.48. The number of carboxylic acid groups (broad SMARTS) is 1. The van der Waals surface area contributed by atoms with E-state index in [2.05, 4.69) is 15.4 Å². The predicted octanol–water partition coefficient (Wildman–Crippen LogP) is 3.17. The topological polar surface area (TPSA) is 86.5 Å². The fourth-order valence-electron chi connectivity index (χ4n) is 5.92. The van der Waals surface area contributed by atoms with Crippen LogP contribution in [0.5, 0.6) is 0 Å². The Morgan fingerprint density at radius 1 is 1.14 bits per heavy atom. The first-order valence-electron chi connectivity index (χ1n) is 11.6. The fraction of sp³-hybridized carbons (Fsp3) is 0.591. The maximum atomic E-state index is 13.5. The molecule has 2 aromatic rings. The first kappa shape index (κ1) is 26.0. The summed E-state index contributed by atoms with van der Waals surface area (Å²) in [6.07, 6.45) is -9.68. The molecule has 0 bridgehead atoms. The molecule has 0 saturated carbocycles. The number of hydrogen-bond acceptors (Lipinski definition) is 6. The third-order valence-electron chi connectivity index (χ3n) is 7.47. The van der Waals surface area contributed by atoms with Crippen LogP contribution >= 0.6 is 11.6 Å². The Kier molecular flexibility index (Phi) is 6.55. The summed E-state index contributed by atoms with van der Waals surface area (Å²) in [6, 6.07) is 1.59. The number of halogens is 7. The van der Waals surface area contributed by atoms with Crippen LogP contribution in [0, 0.1) is 17.8 Å². The van der Waals surface area contributed by atoms with Crippen molar-refractivity contribution in [1.82, 2.24) is 25.0 Å². The molecule has 37 heavy (non-hydrogen) atoms. The van der Waals surface area contributed by atoms with Gasteiger partial charge in [0.25, 0.3) is 0 Å². The van der Waals surface area contributed by atoms with Gasteiger partial charge in [0.05, 0.1) is 13.1 Å². The van der Waals surface area contributed by atoms with E-state index < -0.39 is 48.2 Å². The van der Waals surface area contributed by atoms with Crippen LogP contribution in [0.4, 0.5) is 32.0 Å². The molecule has 3 aliphatic heterocycles. The lowest BCUT2D eigenvalue weighted by Crippen LogP contribution is -2.53. The molecule has 2 N–H and O–H groups in total. The van der Waals surface area contributed by atoms with Crippen LogP contribution < -0.4 is 10.2 Å². The van der Waals surface area contributed by atoms with E-state index in [1.165, 1.54) is 6.33 Å². The number of hydrogen-bond donors (Lipinski definition) is 2. The third kappa shape index (κ3) is 4.98. The number of fused-ring (bicyclic) bond motifs is 2. The van der Waals surface area contributed by atoms with Crippen molar-refractivity contribution in [2.45, 2.75) is 44.1 Å². The van der Waals surface area contributed by atoms with Crippen molar-refractivity contribution in [3.8, 4) is 0 Å². The van der Waals surface area contributed by atoms with Gasteiger partial charge in [-0.15, -0.1) is 0 Å². The quantitative estimate of drug-likeness (QED) is 0.551. The van der Waals surface area contributed by atoms with Crippen molar-refractivity contribution in [3.63, 3.8) is 0 Å². The van der Waals surface area contributed by atoms with Gasteiger partial charge in [-0.2, -0.15) is 31.4 Å². The molecule has 4 heterocycles. The van der Waals surface area contributed by atoms with Gasteiger partial charge in [0.15, 0.2) is 5.92 Å². The molecule has 4 atom stereocenters. The number of rotatable bonds is 5. The van der Waals surface area contributed by atoms with Gasteiger partial charge < -0.3 is 15.3 Å². The Balaban J connectivity index is 1.39. The summed E-state index contributed by atoms with van der Waals surface area (Å²) in [5.74, 6) is -6.42. The summed E-state index contributed by atoms with van der Waals surface area (Å²) in [6.45, 7) is 1.78. The minimum absolute atomic E-state index is 0.0456. The maximum absolute atomic E-state index is 13.5. The summed E-state index contributed by atoms with van der Waals surface area (Å²) in [5.41, 5.74) is 1.55. The van der Waals surface area contributed by atoms with Crippen LogP contribution in [0.25, 0.3) is 0 Å². The van der Waals surface area contributed by atoms with Crippen LogP contribution in [0.3, 0.4) is 0 Å². The van der Waals surface area contributed by atoms with Crippen molar-refractivity contribution in [3.05, 3.63) is 40.9 Å². The Morgan fingerprint density at radius 3 is 2.51 bits per heavy atom. The number of aliphatic carboxylic acids is 1. The Hall–Kier alpha value is -2.58. The number of nitrogens with one attached hydrogen (secondary N) is 1. The highest BCUT2D eigenvalue weighted by atomic mass is 35.5. The van der Waals surface area contributed by atoms with Crippen molar-refractivity contribution < 1.29 is 36.2 Å². The van der Waals surface area contributed by atoms with Crippen molar-refractivity contribution in [2.75, 3.05) is 24.5 Å². The first-order valence-corrected chi connectivity index (χ1v) is 12.0. The highest BCUT2D eigenvalue weighted by molar-refractivity contribution is 6.30. The second-order valence-corrected chi connectivity index (χ2v) is 10.1. The number of benzene rings is 1.